The van der Waals surface area contributed by atoms with Crippen molar-refractivity contribution in [2.45, 2.75) is 12.3 Å². The first-order chi connectivity index (χ1) is 17.3. The molecule has 0 bridgehead atoms. The molecule has 0 radical (unpaired) electrons. The summed E-state index contributed by atoms with van der Waals surface area (Å²) in [5.74, 6) is -1.49. The van der Waals surface area contributed by atoms with Crippen LogP contribution in [0, 0.1) is 0 Å². The van der Waals surface area contributed by atoms with Crippen LogP contribution in [0.4, 0.5) is 24.5 Å². The van der Waals surface area contributed by atoms with Gasteiger partial charge in [-0.25, -0.2) is 9.59 Å². The first kappa shape index (κ1) is 24.8. The molecule has 3 aromatic carbocycles. The van der Waals surface area contributed by atoms with E-state index < -0.39 is 29.8 Å². The van der Waals surface area contributed by atoms with Gasteiger partial charge in [0, 0.05) is 11.4 Å². The van der Waals surface area contributed by atoms with E-state index in [1.165, 1.54) is 26.4 Å². The Kier molecular flexibility index (Phi) is 7.00. The minimum atomic E-state index is -4.50. The lowest BCUT2D eigenvalue weighted by Gasteiger charge is -2.47. The van der Waals surface area contributed by atoms with Crippen LogP contribution in [-0.4, -0.2) is 32.7 Å². The molecule has 0 N–H and O–H groups in total. The number of halogens is 3. The van der Waals surface area contributed by atoms with Crippen molar-refractivity contribution >= 4 is 23.3 Å². The first-order valence-corrected chi connectivity index (χ1v) is 11.0. The van der Waals surface area contributed by atoms with Crippen LogP contribution in [0.15, 0.2) is 96.2 Å². The fourth-order valence-electron chi connectivity index (χ4n) is 4.23. The molecule has 3 aromatic rings. The number of carbonyl (C=O) groups excluding carboxylic acids is 2. The summed E-state index contributed by atoms with van der Waals surface area (Å²) in [6, 6.07) is 22.6. The lowest BCUT2D eigenvalue weighted by molar-refractivity contribution is -0.139. The largest absolute Gasteiger partial charge is 0.466 e. The van der Waals surface area contributed by atoms with Crippen LogP contribution in [0.5, 0.6) is 0 Å². The summed E-state index contributed by atoms with van der Waals surface area (Å²) in [6.45, 7) is -0.0455. The smallest absolute Gasteiger partial charge is 0.416 e. The van der Waals surface area contributed by atoms with E-state index in [4.69, 9.17) is 9.47 Å². The summed E-state index contributed by atoms with van der Waals surface area (Å²) in [4.78, 5) is 29.4. The van der Waals surface area contributed by atoms with Crippen molar-refractivity contribution < 1.29 is 32.2 Å². The highest BCUT2D eigenvalue weighted by Gasteiger charge is 2.42. The van der Waals surface area contributed by atoms with E-state index in [0.29, 0.717) is 16.9 Å². The highest BCUT2D eigenvalue weighted by molar-refractivity contribution is 6.04. The Bertz CT molecular complexity index is 1260. The molecule has 4 rings (SSSR count). The standard InChI is InChI=1S/C27H23F3N2O4/c1-35-25(33)22-17-31(20-9-5-3-6-10-20)24(18-13-15-19(16-14-18)27(28,29)30)32(23(22)26(34)36-2)21-11-7-4-8-12-21/h3-16,24H,17H2,1-2H3. The number of hydrogen-bond acceptors (Lipinski definition) is 6. The van der Waals surface area contributed by atoms with Crippen molar-refractivity contribution in [3.05, 3.63) is 107 Å². The van der Waals surface area contributed by atoms with Gasteiger partial charge in [0.15, 0.2) is 0 Å². The number of hydrogen-bond donors (Lipinski definition) is 0. The lowest BCUT2D eigenvalue weighted by Crippen LogP contribution is -2.50. The molecule has 1 heterocycles. The van der Waals surface area contributed by atoms with Gasteiger partial charge in [0.05, 0.1) is 31.9 Å². The number of ether oxygens (including phenoxy) is 2. The van der Waals surface area contributed by atoms with Crippen LogP contribution in [-0.2, 0) is 25.2 Å². The molecule has 1 atom stereocenters. The molecule has 0 saturated carbocycles. The average Bonchev–Trinajstić information content (AvgIpc) is 2.91. The molecule has 0 aromatic heterocycles. The first-order valence-electron chi connectivity index (χ1n) is 11.0. The zero-order chi connectivity index (χ0) is 25.9. The molecule has 186 valence electrons. The molecule has 0 fully saturated rings. The number of rotatable bonds is 5. The summed E-state index contributed by atoms with van der Waals surface area (Å²) in [5.41, 5.74) is 0.908. The summed E-state index contributed by atoms with van der Waals surface area (Å²) in [6.07, 6.45) is -5.29. The lowest BCUT2D eigenvalue weighted by atomic mass is 9.99. The minimum absolute atomic E-state index is 0.0455. The van der Waals surface area contributed by atoms with Gasteiger partial charge in [-0.05, 0) is 42.0 Å². The quantitative estimate of drug-likeness (QED) is 0.445. The Hall–Kier alpha value is -4.27. The Morgan fingerprint density at radius 2 is 1.31 bits per heavy atom. The molecular weight excluding hydrogens is 473 g/mol. The Morgan fingerprint density at radius 3 is 1.81 bits per heavy atom. The van der Waals surface area contributed by atoms with Crippen LogP contribution >= 0.6 is 0 Å². The van der Waals surface area contributed by atoms with Gasteiger partial charge in [-0.15, -0.1) is 0 Å². The second-order valence-electron chi connectivity index (χ2n) is 7.97. The number of esters is 2. The monoisotopic (exact) mass is 496 g/mol. The number of anilines is 2. The highest BCUT2D eigenvalue weighted by Crippen LogP contribution is 2.42. The normalized spacial score (nSPS) is 16.1. The van der Waals surface area contributed by atoms with Crippen LogP contribution in [0.2, 0.25) is 0 Å². The van der Waals surface area contributed by atoms with Crippen molar-refractivity contribution in [3.8, 4) is 0 Å². The van der Waals surface area contributed by atoms with Crippen molar-refractivity contribution in [2.24, 2.45) is 0 Å². The van der Waals surface area contributed by atoms with Crippen LogP contribution < -0.4 is 9.80 Å². The van der Waals surface area contributed by atoms with Gasteiger partial charge in [0.1, 0.15) is 11.9 Å². The molecule has 36 heavy (non-hydrogen) atoms. The zero-order valence-corrected chi connectivity index (χ0v) is 19.5. The van der Waals surface area contributed by atoms with E-state index in [2.05, 4.69) is 0 Å². The van der Waals surface area contributed by atoms with E-state index in [1.54, 1.807) is 35.2 Å². The third kappa shape index (κ3) is 4.77. The SMILES string of the molecule is COC(=O)C1=C(C(=O)OC)N(c2ccccc2)C(c2ccc(C(F)(F)F)cc2)N(c2ccccc2)C1. The highest BCUT2D eigenvalue weighted by atomic mass is 19.4. The van der Waals surface area contributed by atoms with Crippen molar-refractivity contribution in [1.82, 2.24) is 0 Å². The summed E-state index contributed by atoms with van der Waals surface area (Å²) >= 11 is 0. The van der Waals surface area contributed by atoms with Gasteiger partial charge < -0.3 is 19.3 Å². The maximum Gasteiger partial charge on any atom is 0.416 e. The van der Waals surface area contributed by atoms with Gasteiger partial charge in [-0.3, -0.25) is 0 Å². The van der Waals surface area contributed by atoms with Gasteiger partial charge in [0.25, 0.3) is 0 Å². The summed E-state index contributed by atoms with van der Waals surface area (Å²) < 4.78 is 49.9. The third-order valence-electron chi connectivity index (χ3n) is 5.86. The minimum Gasteiger partial charge on any atom is -0.466 e. The Morgan fingerprint density at radius 1 is 0.778 bits per heavy atom. The Balaban J connectivity index is 2.01. The van der Waals surface area contributed by atoms with Crippen LogP contribution in [0.3, 0.4) is 0 Å². The fraction of sp³-hybridized carbons (Fsp3) is 0.185. The zero-order valence-electron chi connectivity index (χ0n) is 19.5. The molecule has 1 aliphatic rings. The number of benzene rings is 3. The number of nitrogens with zero attached hydrogens (tertiary/aromatic N) is 2. The van der Waals surface area contributed by atoms with Crippen molar-refractivity contribution in [3.63, 3.8) is 0 Å². The maximum absolute atomic E-state index is 13.3. The molecule has 0 spiro atoms. The van der Waals surface area contributed by atoms with E-state index in [1.807, 2.05) is 35.2 Å². The molecular formula is C27H23F3N2O4. The van der Waals surface area contributed by atoms with Gasteiger partial charge in [0.2, 0.25) is 0 Å². The van der Waals surface area contributed by atoms with E-state index >= 15 is 0 Å². The maximum atomic E-state index is 13.3. The third-order valence-corrected chi connectivity index (χ3v) is 5.86. The molecule has 1 unspecified atom stereocenters. The van der Waals surface area contributed by atoms with Crippen molar-refractivity contribution in [2.75, 3.05) is 30.6 Å². The fourth-order valence-corrected chi connectivity index (χ4v) is 4.23. The predicted octanol–water partition coefficient (Wildman–Crippen LogP) is 5.33. The van der Waals surface area contributed by atoms with Crippen LogP contribution in [0.1, 0.15) is 17.3 Å². The number of methoxy groups -OCH3 is 2. The second-order valence-corrected chi connectivity index (χ2v) is 7.97. The number of para-hydroxylation sites is 2. The Labute approximate surface area is 206 Å². The van der Waals surface area contributed by atoms with Crippen molar-refractivity contribution in [1.29, 1.82) is 0 Å². The topological polar surface area (TPSA) is 59.1 Å². The summed E-state index contributed by atoms with van der Waals surface area (Å²) in [7, 11) is 2.41. The van der Waals surface area contributed by atoms with E-state index in [-0.39, 0.29) is 17.8 Å². The molecule has 0 amide bonds. The van der Waals surface area contributed by atoms with Gasteiger partial charge in [-0.2, -0.15) is 13.2 Å². The second kappa shape index (κ2) is 10.2. The molecule has 6 nitrogen and oxygen atoms in total. The predicted molar refractivity (Wildman–Crippen MR) is 128 cm³/mol. The molecule has 1 aliphatic heterocycles. The van der Waals surface area contributed by atoms with E-state index in [0.717, 1.165) is 12.1 Å². The van der Waals surface area contributed by atoms with Gasteiger partial charge in [-0.1, -0.05) is 48.5 Å². The van der Waals surface area contributed by atoms with E-state index in [9.17, 15) is 22.8 Å². The average molecular weight is 496 g/mol. The molecule has 9 heteroatoms. The number of alkyl halides is 3. The van der Waals surface area contributed by atoms with Gasteiger partial charge >= 0.3 is 18.1 Å². The molecule has 0 aliphatic carbocycles. The summed E-state index contributed by atoms with van der Waals surface area (Å²) in [5, 5.41) is 0. The molecule has 0 saturated heterocycles. The number of carbonyl (C=O) groups is 2. The van der Waals surface area contributed by atoms with Crippen LogP contribution in [0.25, 0.3) is 0 Å².